The molecule has 0 bridgehead atoms. The molecule has 0 aromatic heterocycles. The molecule has 3 amide bonds. The number of nitrogens with one attached hydrogen (secondary N) is 1. The Morgan fingerprint density at radius 3 is 2.48 bits per heavy atom. The van der Waals surface area contributed by atoms with Crippen molar-refractivity contribution in [1.29, 1.82) is 0 Å². The zero-order valence-corrected chi connectivity index (χ0v) is 18.0. The molecule has 3 rings (SSSR count). The zero-order chi connectivity index (χ0) is 22.2. The normalized spacial score (nSPS) is 13.0. The number of amides is 3. The first-order valence-electron chi connectivity index (χ1n) is 10.5. The fraction of sp³-hybridized carbons (Fsp3) is 0.333. The highest BCUT2D eigenvalue weighted by Gasteiger charge is 2.23. The molecule has 31 heavy (non-hydrogen) atoms. The van der Waals surface area contributed by atoms with Crippen LogP contribution in [-0.4, -0.2) is 53.5 Å². The van der Waals surface area contributed by atoms with Crippen LogP contribution in [0.3, 0.4) is 0 Å². The molecular formula is C24H28N4O3. The van der Waals surface area contributed by atoms with Crippen molar-refractivity contribution in [2.45, 2.75) is 32.6 Å². The summed E-state index contributed by atoms with van der Waals surface area (Å²) in [4.78, 5) is 38.5. The van der Waals surface area contributed by atoms with Gasteiger partial charge >= 0.3 is 0 Å². The summed E-state index contributed by atoms with van der Waals surface area (Å²) in [5.74, 6) is -0.701. The van der Waals surface area contributed by atoms with Gasteiger partial charge in [0, 0.05) is 32.0 Å². The molecule has 1 aliphatic heterocycles. The predicted octanol–water partition coefficient (Wildman–Crippen LogP) is 3.06. The molecule has 0 fully saturated rings. The van der Waals surface area contributed by atoms with E-state index in [-0.39, 0.29) is 37.1 Å². The molecule has 0 saturated carbocycles. The van der Waals surface area contributed by atoms with E-state index in [2.05, 4.69) is 10.4 Å². The molecule has 0 aliphatic carbocycles. The number of aryl methyl sites for hydroxylation is 1. The molecule has 0 unspecified atom stereocenters. The van der Waals surface area contributed by atoms with Crippen LogP contribution in [0.15, 0.2) is 59.7 Å². The Labute approximate surface area is 182 Å². The SMILES string of the molecule is CCc1ccccc1NC(=O)CN(C)C(=O)CCC(=O)N1CCC(c2ccccc2)=N1. The van der Waals surface area contributed by atoms with Crippen LogP contribution >= 0.6 is 0 Å². The average molecular weight is 421 g/mol. The molecule has 7 nitrogen and oxygen atoms in total. The molecule has 1 aliphatic rings. The van der Waals surface area contributed by atoms with Gasteiger partial charge in [0.1, 0.15) is 0 Å². The van der Waals surface area contributed by atoms with E-state index in [0.717, 1.165) is 28.9 Å². The van der Waals surface area contributed by atoms with E-state index < -0.39 is 0 Å². The summed E-state index contributed by atoms with van der Waals surface area (Å²) in [7, 11) is 1.57. The molecule has 0 atom stereocenters. The van der Waals surface area contributed by atoms with Crippen LogP contribution in [-0.2, 0) is 20.8 Å². The summed E-state index contributed by atoms with van der Waals surface area (Å²) in [5.41, 5.74) is 3.68. The molecule has 1 heterocycles. The Hall–Kier alpha value is -3.48. The van der Waals surface area contributed by atoms with Crippen molar-refractivity contribution in [3.8, 4) is 0 Å². The minimum atomic E-state index is -0.264. The van der Waals surface area contributed by atoms with E-state index in [1.807, 2.05) is 61.5 Å². The second-order valence-corrected chi connectivity index (χ2v) is 7.49. The van der Waals surface area contributed by atoms with E-state index in [4.69, 9.17) is 0 Å². The van der Waals surface area contributed by atoms with Gasteiger partial charge in [0.15, 0.2) is 0 Å². The minimum Gasteiger partial charge on any atom is -0.336 e. The van der Waals surface area contributed by atoms with Crippen molar-refractivity contribution < 1.29 is 14.4 Å². The predicted molar refractivity (Wildman–Crippen MR) is 121 cm³/mol. The summed E-state index contributed by atoms with van der Waals surface area (Å²) in [6.45, 7) is 2.47. The van der Waals surface area contributed by atoms with Gasteiger partial charge in [-0.3, -0.25) is 14.4 Å². The van der Waals surface area contributed by atoms with Crippen LogP contribution in [0.2, 0.25) is 0 Å². The summed E-state index contributed by atoms with van der Waals surface area (Å²) < 4.78 is 0. The Balaban J connectivity index is 1.46. The standard InChI is InChI=1S/C24H28N4O3/c1-3-18-9-7-8-12-20(18)25-22(29)17-27(2)23(30)13-14-24(31)28-16-15-21(26-28)19-10-5-4-6-11-19/h4-12H,3,13-17H2,1-2H3,(H,25,29). The number of carbonyl (C=O) groups excluding carboxylic acids is 3. The number of likely N-dealkylation sites (N-methyl/N-ethyl adjacent to an activating group) is 1. The van der Waals surface area contributed by atoms with Crippen LogP contribution in [0.4, 0.5) is 5.69 Å². The van der Waals surface area contributed by atoms with Crippen molar-refractivity contribution in [1.82, 2.24) is 9.91 Å². The maximum absolute atomic E-state index is 12.5. The lowest BCUT2D eigenvalue weighted by molar-refractivity contribution is -0.137. The molecule has 2 aromatic carbocycles. The van der Waals surface area contributed by atoms with Gasteiger partial charge in [-0.05, 0) is 23.6 Å². The van der Waals surface area contributed by atoms with Crippen LogP contribution < -0.4 is 5.32 Å². The van der Waals surface area contributed by atoms with Crippen molar-refractivity contribution in [2.24, 2.45) is 5.10 Å². The second-order valence-electron chi connectivity index (χ2n) is 7.49. The molecule has 0 saturated heterocycles. The van der Waals surface area contributed by atoms with Crippen molar-refractivity contribution in [3.05, 3.63) is 65.7 Å². The molecule has 1 N–H and O–H groups in total. The second kappa shape index (κ2) is 10.5. The van der Waals surface area contributed by atoms with E-state index in [0.29, 0.717) is 13.0 Å². The van der Waals surface area contributed by atoms with Crippen molar-refractivity contribution in [3.63, 3.8) is 0 Å². The number of rotatable bonds is 8. The number of para-hydroxylation sites is 1. The topological polar surface area (TPSA) is 82.1 Å². The Morgan fingerprint density at radius 1 is 1.03 bits per heavy atom. The number of hydrogen-bond donors (Lipinski definition) is 1. The molecule has 0 radical (unpaired) electrons. The number of hydrogen-bond acceptors (Lipinski definition) is 4. The first kappa shape index (κ1) is 22.2. The van der Waals surface area contributed by atoms with Crippen molar-refractivity contribution in [2.75, 3.05) is 25.5 Å². The van der Waals surface area contributed by atoms with E-state index >= 15 is 0 Å². The third-order valence-electron chi connectivity index (χ3n) is 5.23. The van der Waals surface area contributed by atoms with Gasteiger partial charge in [-0.2, -0.15) is 5.10 Å². The number of benzene rings is 2. The summed E-state index contributed by atoms with van der Waals surface area (Å²) in [5, 5.41) is 8.69. The number of anilines is 1. The maximum Gasteiger partial charge on any atom is 0.243 e. The largest absolute Gasteiger partial charge is 0.336 e. The van der Waals surface area contributed by atoms with Gasteiger partial charge in [0.25, 0.3) is 0 Å². The lowest BCUT2D eigenvalue weighted by atomic mass is 10.1. The van der Waals surface area contributed by atoms with Gasteiger partial charge in [-0.25, -0.2) is 5.01 Å². The fourth-order valence-corrected chi connectivity index (χ4v) is 3.45. The summed E-state index contributed by atoms with van der Waals surface area (Å²) >= 11 is 0. The lowest BCUT2D eigenvalue weighted by Crippen LogP contribution is -2.35. The minimum absolute atomic E-state index is 0.0425. The van der Waals surface area contributed by atoms with E-state index in [9.17, 15) is 14.4 Å². The van der Waals surface area contributed by atoms with Gasteiger partial charge in [-0.15, -0.1) is 0 Å². The third kappa shape index (κ3) is 6.01. The molecule has 162 valence electrons. The van der Waals surface area contributed by atoms with Gasteiger partial charge in [0.05, 0.1) is 18.8 Å². The highest BCUT2D eigenvalue weighted by atomic mass is 16.2. The monoisotopic (exact) mass is 420 g/mol. The first-order valence-corrected chi connectivity index (χ1v) is 10.5. The number of nitrogens with zero attached hydrogens (tertiary/aromatic N) is 3. The Bertz CT molecular complexity index is 972. The van der Waals surface area contributed by atoms with Crippen LogP contribution in [0.5, 0.6) is 0 Å². The highest BCUT2D eigenvalue weighted by molar-refractivity contribution is 6.02. The lowest BCUT2D eigenvalue weighted by Gasteiger charge is -2.18. The maximum atomic E-state index is 12.5. The van der Waals surface area contributed by atoms with Crippen LogP contribution in [0.1, 0.15) is 37.3 Å². The molecule has 0 spiro atoms. The Morgan fingerprint density at radius 2 is 1.74 bits per heavy atom. The number of carbonyl (C=O) groups is 3. The molecular weight excluding hydrogens is 392 g/mol. The number of hydrazone groups is 1. The third-order valence-corrected chi connectivity index (χ3v) is 5.23. The van der Waals surface area contributed by atoms with Gasteiger partial charge < -0.3 is 10.2 Å². The van der Waals surface area contributed by atoms with Crippen molar-refractivity contribution >= 4 is 29.1 Å². The Kier molecular flexibility index (Phi) is 7.54. The van der Waals surface area contributed by atoms with Gasteiger partial charge in [0.2, 0.25) is 17.7 Å². The smallest absolute Gasteiger partial charge is 0.243 e. The quantitative estimate of drug-likeness (QED) is 0.713. The van der Waals surface area contributed by atoms with E-state index in [1.165, 1.54) is 9.91 Å². The fourth-order valence-electron chi connectivity index (χ4n) is 3.45. The molecule has 2 aromatic rings. The van der Waals surface area contributed by atoms with E-state index in [1.54, 1.807) is 7.05 Å². The summed E-state index contributed by atoms with van der Waals surface area (Å²) in [6.07, 6.45) is 1.61. The van der Waals surface area contributed by atoms with Gasteiger partial charge in [-0.1, -0.05) is 55.5 Å². The first-order chi connectivity index (χ1) is 15.0. The summed E-state index contributed by atoms with van der Waals surface area (Å²) in [6, 6.07) is 17.3. The zero-order valence-electron chi connectivity index (χ0n) is 18.0. The van der Waals surface area contributed by atoms with Crippen LogP contribution in [0.25, 0.3) is 0 Å². The highest BCUT2D eigenvalue weighted by Crippen LogP contribution is 2.16. The average Bonchev–Trinajstić information content (AvgIpc) is 3.28. The molecule has 7 heteroatoms. The van der Waals surface area contributed by atoms with Crippen LogP contribution in [0, 0.1) is 0 Å².